The van der Waals surface area contributed by atoms with Gasteiger partial charge in [0, 0.05) is 19.2 Å². The number of carbonyl (C=O) groups is 4. The number of nitrogens with zero attached hydrogens (tertiary/aromatic N) is 3. The van der Waals surface area contributed by atoms with Crippen LogP contribution < -0.4 is 4.74 Å². The number of esters is 1. The van der Waals surface area contributed by atoms with Gasteiger partial charge in [-0.25, -0.2) is 4.39 Å². The largest absolute Gasteiger partial charge is 0.494 e. The molecule has 0 saturated heterocycles. The number of benzene rings is 2. The molecule has 0 spiro atoms. The molecule has 1 aliphatic heterocycles. The zero-order chi connectivity index (χ0) is 25.0. The number of methoxy groups -OCH3 is 1. The number of nitro groups is 1. The molecule has 0 fully saturated rings. The molecule has 0 N–H and O–H groups in total. The number of hydrogen-bond acceptors (Lipinski definition) is 8. The third kappa shape index (κ3) is 4.85. The fraction of sp³-hybridized carbons (Fsp3) is 0.273. The zero-order valence-electron chi connectivity index (χ0n) is 18.3. The average Bonchev–Trinajstić information content (AvgIpc) is 3.05. The number of imide groups is 1. The first-order valence-corrected chi connectivity index (χ1v) is 10.1. The Labute approximate surface area is 192 Å². The van der Waals surface area contributed by atoms with Crippen molar-refractivity contribution in [1.82, 2.24) is 9.80 Å². The van der Waals surface area contributed by atoms with Crippen LogP contribution in [0.1, 0.15) is 33.2 Å². The minimum absolute atomic E-state index is 0.0515. The maximum Gasteiger partial charge on any atom is 0.326 e. The molecule has 0 aromatic heterocycles. The lowest BCUT2D eigenvalue weighted by molar-refractivity contribution is -0.385. The summed E-state index contributed by atoms with van der Waals surface area (Å²) in [4.78, 5) is 61.8. The maximum absolute atomic E-state index is 13.9. The van der Waals surface area contributed by atoms with E-state index in [2.05, 4.69) is 0 Å². The van der Waals surface area contributed by atoms with Crippen molar-refractivity contribution < 1.29 is 38.0 Å². The number of carbonyl (C=O) groups excluding carboxylic acids is 4. The van der Waals surface area contributed by atoms with Gasteiger partial charge in [-0.05, 0) is 30.7 Å². The third-order valence-electron chi connectivity index (χ3n) is 5.14. The molecule has 34 heavy (non-hydrogen) atoms. The summed E-state index contributed by atoms with van der Waals surface area (Å²) in [5.74, 6) is -4.01. The van der Waals surface area contributed by atoms with Crippen LogP contribution in [0.25, 0.3) is 0 Å². The second-order valence-electron chi connectivity index (χ2n) is 7.19. The van der Waals surface area contributed by atoms with Gasteiger partial charge in [-0.3, -0.25) is 34.2 Å². The van der Waals surface area contributed by atoms with E-state index in [1.165, 1.54) is 36.3 Å². The van der Waals surface area contributed by atoms with Crippen molar-refractivity contribution in [3.8, 4) is 5.75 Å². The topological polar surface area (TPSA) is 136 Å². The molecule has 2 aromatic carbocycles. The summed E-state index contributed by atoms with van der Waals surface area (Å²) in [5, 5.41) is 11.2. The molecule has 0 saturated carbocycles. The second-order valence-corrected chi connectivity index (χ2v) is 7.19. The minimum atomic E-state index is -1.04. The predicted molar refractivity (Wildman–Crippen MR) is 113 cm³/mol. The van der Waals surface area contributed by atoms with Crippen LogP contribution in [0.15, 0.2) is 36.4 Å². The van der Waals surface area contributed by atoms with E-state index in [1.807, 2.05) is 0 Å². The number of ether oxygens (including phenoxy) is 2. The normalized spacial score (nSPS) is 12.4. The van der Waals surface area contributed by atoms with E-state index in [4.69, 9.17) is 9.47 Å². The Bertz CT molecular complexity index is 1180. The van der Waals surface area contributed by atoms with Gasteiger partial charge in [-0.1, -0.05) is 12.1 Å². The first kappa shape index (κ1) is 24.3. The van der Waals surface area contributed by atoms with Crippen molar-refractivity contribution in [2.75, 3.05) is 26.8 Å². The highest BCUT2D eigenvalue weighted by molar-refractivity contribution is 6.24. The van der Waals surface area contributed by atoms with Crippen molar-refractivity contribution in [3.63, 3.8) is 0 Å². The van der Waals surface area contributed by atoms with Gasteiger partial charge < -0.3 is 14.4 Å². The molecular weight excluding hydrogens is 453 g/mol. The number of rotatable bonds is 9. The Balaban J connectivity index is 1.60. The number of nitro benzene ring substituents is 1. The smallest absolute Gasteiger partial charge is 0.326 e. The fourth-order valence-corrected chi connectivity index (χ4v) is 3.42. The lowest BCUT2D eigenvalue weighted by atomic mass is 10.1. The highest BCUT2D eigenvalue weighted by atomic mass is 19.1. The van der Waals surface area contributed by atoms with E-state index in [0.29, 0.717) is 10.5 Å². The molecule has 0 bridgehead atoms. The van der Waals surface area contributed by atoms with Crippen molar-refractivity contribution in [1.29, 1.82) is 0 Å². The van der Waals surface area contributed by atoms with Gasteiger partial charge in [0.15, 0.2) is 18.2 Å². The van der Waals surface area contributed by atoms with Gasteiger partial charge in [-0.2, -0.15) is 0 Å². The summed E-state index contributed by atoms with van der Waals surface area (Å²) >= 11 is 0. The zero-order valence-corrected chi connectivity index (χ0v) is 18.3. The molecule has 0 aliphatic carbocycles. The van der Waals surface area contributed by atoms with Crippen molar-refractivity contribution in [2.45, 2.75) is 13.5 Å². The van der Waals surface area contributed by atoms with Gasteiger partial charge in [0.05, 0.1) is 17.6 Å². The summed E-state index contributed by atoms with van der Waals surface area (Å²) in [6.07, 6.45) is 0. The molecule has 0 radical (unpaired) electrons. The summed E-state index contributed by atoms with van der Waals surface area (Å²) in [6, 6.07) is 7.83. The van der Waals surface area contributed by atoms with Gasteiger partial charge in [0.2, 0.25) is 0 Å². The van der Waals surface area contributed by atoms with Crippen molar-refractivity contribution >= 4 is 29.4 Å². The monoisotopic (exact) mass is 473 g/mol. The predicted octanol–water partition coefficient (Wildman–Crippen LogP) is 1.93. The van der Waals surface area contributed by atoms with E-state index < -0.39 is 58.8 Å². The Morgan fingerprint density at radius 1 is 1.18 bits per heavy atom. The quantitative estimate of drug-likeness (QED) is 0.233. The molecule has 1 heterocycles. The summed E-state index contributed by atoms with van der Waals surface area (Å²) in [6.45, 7) is 0.495. The van der Waals surface area contributed by atoms with Crippen molar-refractivity contribution in [3.05, 3.63) is 69.0 Å². The Morgan fingerprint density at radius 2 is 1.91 bits per heavy atom. The van der Waals surface area contributed by atoms with Crippen LogP contribution in [-0.2, 0) is 20.9 Å². The van der Waals surface area contributed by atoms with Crippen LogP contribution in [0.2, 0.25) is 0 Å². The highest BCUT2D eigenvalue weighted by Gasteiger charge is 2.42. The highest BCUT2D eigenvalue weighted by Crippen LogP contribution is 2.30. The SMILES string of the molecule is CCN(Cc1ccc(OC)c(F)c1)C(=O)COC(=O)CN1C(=O)c2cccc([N+](=O)[O-])c2C1=O. The van der Waals surface area contributed by atoms with Crippen LogP contribution in [-0.4, -0.2) is 65.2 Å². The van der Waals surface area contributed by atoms with E-state index in [0.717, 1.165) is 6.07 Å². The second kappa shape index (κ2) is 10.1. The molecule has 3 rings (SSSR count). The molecule has 11 nitrogen and oxygen atoms in total. The summed E-state index contributed by atoms with van der Waals surface area (Å²) in [5.41, 5.74) is -0.639. The molecule has 1 aliphatic rings. The van der Waals surface area contributed by atoms with Crippen molar-refractivity contribution in [2.24, 2.45) is 0 Å². The first-order chi connectivity index (χ1) is 16.2. The first-order valence-electron chi connectivity index (χ1n) is 10.1. The van der Waals surface area contributed by atoms with Crippen LogP contribution in [0.3, 0.4) is 0 Å². The third-order valence-corrected chi connectivity index (χ3v) is 5.14. The standard InChI is InChI=1S/C22H20FN3O8/c1-3-24(10-13-7-8-17(33-2)15(23)9-13)18(27)12-34-19(28)11-25-21(29)14-5-4-6-16(26(31)32)20(14)22(25)30/h4-9H,3,10-12H2,1-2H3. The molecule has 0 atom stereocenters. The van der Waals surface area contributed by atoms with Crippen LogP contribution >= 0.6 is 0 Å². The molecular formula is C22H20FN3O8. The van der Waals surface area contributed by atoms with Crippen LogP contribution in [0.4, 0.5) is 10.1 Å². The maximum atomic E-state index is 13.9. The van der Waals surface area contributed by atoms with Gasteiger partial charge >= 0.3 is 5.97 Å². The fourth-order valence-electron chi connectivity index (χ4n) is 3.42. The Hall–Kier alpha value is -4.35. The number of likely N-dealkylation sites (N-methyl/N-ethyl adjacent to an activating group) is 1. The Morgan fingerprint density at radius 3 is 2.53 bits per heavy atom. The van der Waals surface area contributed by atoms with Gasteiger partial charge in [0.1, 0.15) is 12.1 Å². The number of halogens is 1. The van der Waals surface area contributed by atoms with Crippen LogP contribution in [0.5, 0.6) is 5.75 Å². The van der Waals surface area contributed by atoms with E-state index in [9.17, 15) is 33.7 Å². The number of amides is 3. The van der Waals surface area contributed by atoms with Crippen LogP contribution in [0, 0.1) is 15.9 Å². The molecule has 12 heteroatoms. The molecule has 2 aromatic rings. The molecule has 178 valence electrons. The summed E-state index contributed by atoms with van der Waals surface area (Å²) in [7, 11) is 1.33. The van der Waals surface area contributed by atoms with Gasteiger partial charge in [-0.15, -0.1) is 0 Å². The van der Waals surface area contributed by atoms with Gasteiger partial charge in [0.25, 0.3) is 23.4 Å². The Kier molecular flexibility index (Phi) is 7.19. The lowest BCUT2D eigenvalue weighted by Gasteiger charge is -2.21. The lowest BCUT2D eigenvalue weighted by Crippen LogP contribution is -2.38. The van der Waals surface area contributed by atoms with E-state index >= 15 is 0 Å². The number of hydrogen-bond donors (Lipinski definition) is 0. The minimum Gasteiger partial charge on any atom is -0.494 e. The number of fused-ring (bicyclic) bond motifs is 1. The van der Waals surface area contributed by atoms with E-state index in [-0.39, 0.29) is 24.4 Å². The summed E-state index contributed by atoms with van der Waals surface area (Å²) < 4.78 is 23.7. The molecule has 0 unspecified atom stereocenters. The molecule has 3 amide bonds. The van der Waals surface area contributed by atoms with E-state index in [1.54, 1.807) is 13.0 Å². The average molecular weight is 473 g/mol.